The van der Waals surface area contributed by atoms with Crippen molar-refractivity contribution in [2.24, 2.45) is 4.99 Å². The van der Waals surface area contributed by atoms with E-state index in [1.807, 2.05) is 6.07 Å². The smallest absolute Gasteiger partial charge is 0.387 e. The summed E-state index contributed by atoms with van der Waals surface area (Å²) in [5.74, 6) is 0.873. The highest BCUT2D eigenvalue weighted by Gasteiger charge is 2.20. The van der Waals surface area contributed by atoms with Crippen molar-refractivity contribution in [1.82, 2.24) is 10.6 Å². The lowest BCUT2D eigenvalue weighted by Gasteiger charge is -2.33. The van der Waals surface area contributed by atoms with Crippen LogP contribution in [0.4, 0.5) is 13.8 Å². The molecular weight excluding hydrogens is 370 g/mol. The minimum Gasteiger partial charge on any atom is -0.435 e. The molecule has 146 valence electrons. The Morgan fingerprint density at radius 3 is 2.78 bits per heavy atom. The molecule has 0 aliphatic carbocycles. The maximum Gasteiger partial charge on any atom is 0.387 e. The van der Waals surface area contributed by atoms with Gasteiger partial charge in [-0.2, -0.15) is 8.78 Å². The molecule has 0 unspecified atom stereocenters. The van der Waals surface area contributed by atoms with Crippen LogP contribution in [-0.4, -0.2) is 38.8 Å². The molecular formula is C19H24F2N4OS. The zero-order chi connectivity index (χ0) is 19.1. The highest BCUT2D eigenvalue weighted by molar-refractivity contribution is 7.14. The third-order valence-corrected chi connectivity index (χ3v) is 5.39. The fraction of sp³-hybridized carbons (Fsp3) is 0.421. The fourth-order valence-electron chi connectivity index (χ4n) is 3.10. The molecule has 0 bridgehead atoms. The van der Waals surface area contributed by atoms with Crippen molar-refractivity contribution >= 4 is 22.3 Å². The molecule has 0 radical (unpaired) electrons. The quantitative estimate of drug-likeness (QED) is 0.580. The third-order valence-electron chi connectivity index (χ3n) is 4.46. The molecule has 1 saturated heterocycles. The summed E-state index contributed by atoms with van der Waals surface area (Å²) in [4.78, 5) is 6.68. The molecule has 1 aromatic heterocycles. The number of hydrogen-bond donors (Lipinski definition) is 2. The van der Waals surface area contributed by atoms with E-state index in [0.717, 1.165) is 31.5 Å². The standard InChI is InChI=1S/C19H24F2N4OS/c1-22-19(23-13-14-4-2-5-16(12-14)26-18(20)21)24-15-7-9-25(10-8-15)17-6-3-11-27-17/h2-6,11-12,15,18H,7-10,13H2,1H3,(H2,22,23,24). The first-order chi connectivity index (χ1) is 13.1. The number of guanidine groups is 1. The van der Waals surface area contributed by atoms with Crippen molar-refractivity contribution in [1.29, 1.82) is 0 Å². The zero-order valence-corrected chi connectivity index (χ0v) is 16.0. The summed E-state index contributed by atoms with van der Waals surface area (Å²) in [6.07, 6.45) is 2.08. The minimum absolute atomic E-state index is 0.160. The molecule has 0 saturated carbocycles. The summed E-state index contributed by atoms with van der Waals surface area (Å²) in [6.45, 7) is -0.305. The Labute approximate surface area is 162 Å². The topological polar surface area (TPSA) is 48.9 Å². The molecule has 27 heavy (non-hydrogen) atoms. The highest BCUT2D eigenvalue weighted by atomic mass is 32.1. The Kier molecular flexibility index (Phi) is 6.86. The molecule has 1 fully saturated rings. The van der Waals surface area contributed by atoms with Crippen LogP contribution in [0.15, 0.2) is 46.8 Å². The van der Waals surface area contributed by atoms with E-state index in [1.165, 1.54) is 11.1 Å². The molecule has 0 spiro atoms. The summed E-state index contributed by atoms with van der Waals surface area (Å²) in [6, 6.07) is 11.3. The van der Waals surface area contributed by atoms with E-state index >= 15 is 0 Å². The number of nitrogens with one attached hydrogen (secondary N) is 2. The number of hydrogen-bond acceptors (Lipinski definition) is 4. The molecule has 5 nitrogen and oxygen atoms in total. The van der Waals surface area contributed by atoms with Gasteiger partial charge in [-0.25, -0.2) is 0 Å². The SMILES string of the molecule is CN=C(NCc1cccc(OC(F)F)c1)NC1CCN(c2cccs2)CC1. The van der Waals surface area contributed by atoms with Gasteiger partial charge in [0.05, 0.1) is 5.00 Å². The summed E-state index contributed by atoms with van der Waals surface area (Å²) in [7, 11) is 1.73. The second-order valence-corrected chi connectivity index (χ2v) is 7.23. The van der Waals surface area contributed by atoms with Crippen LogP contribution in [0.3, 0.4) is 0 Å². The number of piperidine rings is 1. The number of anilines is 1. The van der Waals surface area contributed by atoms with Crippen molar-refractivity contribution in [2.75, 3.05) is 25.0 Å². The van der Waals surface area contributed by atoms with E-state index in [0.29, 0.717) is 18.5 Å². The lowest BCUT2D eigenvalue weighted by Crippen LogP contribution is -2.48. The molecule has 0 atom stereocenters. The van der Waals surface area contributed by atoms with Gasteiger partial charge in [0.25, 0.3) is 0 Å². The van der Waals surface area contributed by atoms with E-state index in [1.54, 1.807) is 30.5 Å². The van der Waals surface area contributed by atoms with Gasteiger partial charge in [0.2, 0.25) is 0 Å². The molecule has 0 amide bonds. The van der Waals surface area contributed by atoms with E-state index in [9.17, 15) is 8.78 Å². The lowest BCUT2D eigenvalue weighted by molar-refractivity contribution is -0.0498. The molecule has 1 aromatic carbocycles. The Morgan fingerprint density at radius 2 is 2.11 bits per heavy atom. The van der Waals surface area contributed by atoms with Crippen LogP contribution in [0.1, 0.15) is 18.4 Å². The monoisotopic (exact) mass is 394 g/mol. The second kappa shape index (κ2) is 9.55. The van der Waals surface area contributed by atoms with Crippen LogP contribution >= 0.6 is 11.3 Å². The number of thiophene rings is 1. The summed E-state index contributed by atoms with van der Waals surface area (Å²) in [5.41, 5.74) is 0.851. The van der Waals surface area contributed by atoms with Gasteiger partial charge < -0.3 is 20.3 Å². The summed E-state index contributed by atoms with van der Waals surface area (Å²) < 4.78 is 29.1. The van der Waals surface area contributed by atoms with Gasteiger partial charge in [-0.05, 0) is 48.1 Å². The molecule has 1 aliphatic rings. The molecule has 8 heteroatoms. The Bertz CT molecular complexity index is 731. The molecule has 2 N–H and O–H groups in total. The van der Waals surface area contributed by atoms with E-state index in [4.69, 9.17) is 0 Å². The zero-order valence-electron chi connectivity index (χ0n) is 15.2. The van der Waals surface area contributed by atoms with Crippen LogP contribution in [0, 0.1) is 0 Å². The van der Waals surface area contributed by atoms with Gasteiger partial charge in [-0.3, -0.25) is 4.99 Å². The van der Waals surface area contributed by atoms with Gasteiger partial charge in [0, 0.05) is 32.7 Å². The largest absolute Gasteiger partial charge is 0.435 e. The Hall–Kier alpha value is -2.35. The average molecular weight is 394 g/mol. The van der Waals surface area contributed by atoms with Crippen molar-refractivity contribution in [3.8, 4) is 5.75 Å². The van der Waals surface area contributed by atoms with Crippen LogP contribution in [0.5, 0.6) is 5.75 Å². The number of ether oxygens (including phenoxy) is 1. The first kappa shape index (κ1) is 19.4. The Morgan fingerprint density at radius 1 is 1.30 bits per heavy atom. The number of alkyl halides is 2. The van der Waals surface area contributed by atoms with Gasteiger partial charge >= 0.3 is 6.61 Å². The number of benzene rings is 1. The highest BCUT2D eigenvalue weighted by Crippen LogP contribution is 2.24. The van der Waals surface area contributed by atoms with Crippen molar-refractivity contribution < 1.29 is 13.5 Å². The molecule has 1 aliphatic heterocycles. The maximum atomic E-state index is 12.3. The second-order valence-electron chi connectivity index (χ2n) is 6.31. The maximum absolute atomic E-state index is 12.3. The van der Waals surface area contributed by atoms with Crippen LogP contribution < -0.4 is 20.3 Å². The first-order valence-corrected chi connectivity index (χ1v) is 9.81. The van der Waals surface area contributed by atoms with E-state index < -0.39 is 6.61 Å². The number of nitrogens with zero attached hydrogens (tertiary/aromatic N) is 2. The Balaban J connectivity index is 1.46. The number of halogens is 2. The average Bonchev–Trinajstić information content (AvgIpc) is 3.20. The van der Waals surface area contributed by atoms with Gasteiger partial charge in [-0.1, -0.05) is 12.1 Å². The van der Waals surface area contributed by atoms with Crippen molar-refractivity contribution in [3.05, 3.63) is 47.3 Å². The van der Waals surface area contributed by atoms with Crippen molar-refractivity contribution in [2.45, 2.75) is 32.0 Å². The third kappa shape index (κ3) is 5.82. The van der Waals surface area contributed by atoms with Crippen molar-refractivity contribution in [3.63, 3.8) is 0 Å². The number of rotatable bonds is 6. The predicted molar refractivity (Wildman–Crippen MR) is 106 cm³/mol. The summed E-state index contributed by atoms with van der Waals surface area (Å²) >= 11 is 1.77. The fourth-order valence-corrected chi connectivity index (χ4v) is 3.88. The van der Waals surface area contributed by atoms with E-state index in [-0.39, 0.29) is 5.75 Å². The molecule has 3 rings (SSSR count). The predicted octanol–water partition coefficient (Wildman–Crippen LogP) is 3.68. The van der Waals surface area contributed by atoms with Gasteiger partial charge in [-0.15, -0.1) is 11.3 Å². The number of aliphatic imine (C=N–C) groups is 1. The molecule has 2 heterocycles. The van der Waals surface area contributed by atoms with Crippen LogP contribution in [0.25, 0.3) is 0 Å². The van der Waals surface area contributed by atoms with E-state index in [2.05, 4.69) is 42.8 Å². The van der Waals surface area contributed by atoms with Gasteiger partial charge in [0.1, 0.15) is 5.75 Å². The minimum atomic E-state index is -2.82. The molecule has 2 aromatic rings. The normalized spacial score (nSPS) is 15.9. The first-order valence-electron chi connectivity index (χ1n) is 8.93. The van der Waals surface area contributed by atoms with Gasteiger partial charge in [0.15, 0.2) is 5.96 Å². The van der Waals surface area contributed by atoms with Crippen LogP contribution in [0.2, 0.25) is 0 Å². The van der Waals surface area contributed by atoms with Crippen LogP contribution in [-0.2, 0) is 6.54 Å². The lowest BCUT2D eigenvalue weighted by atomic mass is 10.1. The summed E-state index contributed by atoms with van der Waals surface area (Å²) in [5, 5.41) is 10.1.